The van der Waals surface area contributed by atoms with Crippen molar-refractivity contribution in [2.24, 2.45) is 0 Å². The van der Waals surface area contributed by atoms with Gasteiger partial charge >= 0.3 is 0 Å². The van der Waals surface area contributed by atoms with Crippen molar-refractivity contribution in [2.75, 3.05) is 36.0 Å². The Hall–Kier alpha value is -3.85. The molecule has 6 nitrogen and oxygen atoms in total. The van der Waals surface area contributed by atoms with Crippen molar-refractivity contribution in [3.05, 3.63) is 71.9 Å². The first-order valence-corrected chi connectivity index (χ1v) is 10.5. The van der Waals surface area contributed by atoms with Gasteiger partial charge in [-0.05, 0) is 49.2 Å². The molecule has 3 aromatic heterocycles. The Kier molecular flexibility index (Phi) is 4.59. The van der Waals surface area contributed by atoms with Crippen molar-refractivity contribution < 1.29 is 0 Å². The van der Waals surface area contributed by atoms with Gasteiger partial charge in [-0.3, -0.25) is 4.40 Å². The van der Waals surface area contributed by atoms with Crippen LogP contribution in [0.15, 0.2) is 55.2 Å². The minimum Gasteiger partial charge on any atom is -0.354 e. The second kappa shape index (κ2) is 7.44. The summed E-state index contributed by atoms with van der Waals surface area (Å²) >= 11 is 0. The van der Waals surface area contributed by atoms with Gasteiger partial charge in [-0.2, -0.15) is 5.26 Å². The number of hydrogen-bond donors (Lipinski definition) is 0. The van der Waals surface area contributed by atoms with E-state index in [9.17, 15) is 5.26 Å². The van der Waals surface area contributed by atoms with Gasteiger partial charge in [0.1, 0.15) is 17.7 Å². The first kappa shape index (κ1) is 19.1. The van der Waals surface area contributed by atoms with Gasteiger partial charge < -0.3 is 9.80 Å². The lowest BCUT2D eigenvalue weighted by atomic mass is 9.98. The van der Waals surface area contributed by atoms with Crippen molar-refractivity contribution in [2.45, 2.75) is 13.8 Å². The zero-order valence-electron chi connectivity index (χ0n) is 17.8. The minimum atomic E-state index is 0.616. The highest BCUT2D eigenvalue weighted by Crippen LogP contribution is 2.37. The van der Waals surface area contributed by atoms with Gasteiger partial charge in [0.05, 0.1) is 16.6 Å². The molecular formula is C25H24N6. The summed E-state index contributed by atoms with van der Waals surface area (Å²) in [6.45, 7) is 11.7. The smallest absolute Gasteiger partial charge is 0.157 e. The Morgan fingerprint density at radius 2 is 1.74 bits per heavy atom. The summed E-state index contributed by atoms with van der Waals surface area (Å²) in [5.41, 5.74) is 6.18. The molecule has 0 unspecified atom stereocenters. The number of nitriles is 1. The van der Waals surface area contributed by atoms with E-state index in [-0.39, 0.29) is 0 Å². The number of rotatable bonds is 3. The average molecular weight is 409 g/mol. The van der Waals surface area contributed by atoms with Gasteiger partial charge in [0.25, 0.3) is 0 Å². The van der Waals surface area contributed by atoms with Crippen LogP contribution >= 0.6 is 0 Å². The maximum Gasteiger partial charge on any atom is 0.157 e. The molecule has 154 valence electrons. The zero-order chi connectivity index (χ0) is 21.5. The zero-order valence-corrected chi connectivity index (χ0v) is 17.8. The van der Waals surface area contributed by atoms with Gasteiger partial charge in [0.15, 0.2) is 5.65 Å². The third-order valence-electron chi connectivity index (χ3n) is 6.06. The lowest BCUT2D eigenvalue weighted by molar-refractivity contribution is 0.639. The van der Waals surface area contributed by atoms with E-state index in [1.54, 1.807) is 0 Å². The van der Waals surface area contributed by atoms with Crippen LogP contribution in [0.1, 0.15) is 23.6 Å². The highest BCUT2D eigenvalue weighted by atomic mass is 15.3. The highest BCUT2D eigenvalue weighted by molar-refractivity contribution is 5.90. The third kappa shape index (κ3) is 3.01. The normalized spacial score (nSPS) is 14.2. The van der Waals surface area contributed by atoms with Gasteiger partial charge in [0.2, 0.25) is 0 Å². The van der Waals surface area contributed by atoms with Crippen LogP contribution in [-0.2, 0) is 0 Å². The number of piperazine rings is 1. The topological polar surface area (TPSA) is 60.5 Å². The number of allylic oxidation sites excluding steroid dienone is 1. The van der Waals surface area contributed by atoms with Crippen molar-refractivity contribution in [3.8, 4) is 6.07 Å². The fraction of sp³-hybridized carbons (Fsp3) is 0.240. The average Bonchev–Trinajstić information content (AvgIpc) is 3.18. The molecular weight excluding hydrogens is 384 g/mol. The van der Waals surface area contributed by atoms with E-state index < -0.39 is 0 Å². The molecule has 1 aliphatic heterocycles. The Morgan fingerprint density at radius 1 is 1.03 bits per heavy atom. The maximum absolute atomic E-state index is 9.95. The molecule has 1 aliphatic rings. The second-order valence-corrected chi connectivity index (χ2v) is 8.01. The fourth-order valence-electron chi connectivity index (χ4n) is 4.61. The van der Waals surface area contributed by atoms with Gasteiger partial charge in [0, 0.05) is 37.9 Å². The van der Waals surface area contributed by atoms with Crippen LogP contribution in [0.25, 0.3) is 22.3 Å². The second-order valence-electron chi connectivity index (χ2n) is 8.01. The summed E-state index contributed by atoms with van der Waals surface area (Å²) in [6.07, 6.45) is 1.84. The third-order valence-corrected chi connectivity index (χ3v) is 6.06. The molecule has 0 radical (unpaired) electrons. The molecule has 0 saturated carbocycles. The molecule has 0 bridgehead atoms. The molecule has 0 N–H and O–H groups in total. The summed E-state index contributed by atoms with van der Waals surface area (Å²) in [4.78, 5) is 14.1. The first-order valence-electron chi connectivity index (χ1n) is 10.5. The van der Waals surface area contributed by atoms with Gasteiger partial charge in [-0.1, -0.05) is 24.8 Å². The number of nitrogens with zero attached hydrogens (tertiary/aromatic N) is 6. The molecule has 0 spiro atoms. The van der Waals surface area contributed by atoms with Crippen molar-refractivity contribution >= 4 is 33.9 Å². The van der Waals surface area contributed by atoms with E-state index in [1.807, 2.05) is 50.4 Å². The molecule has 0 amide bonds. The number of para-hydroxylation sites is 2. The van der Waals surface area contributed by atoms with Crippen LogP contribution < -0.4 is 9.80 Å². The molecule has 31 heavy (non-hydrogen) atoms. The molecule has 6 heteroatoms. The predicted octanol–water partition coefficient (Wildman–Crippen LogP) is 4.42. The van der Waals surface area contributed by atoms with Crippen LogP contribution in [0.2, 0.25) is 0 Å². The van der Waals surface area contributed by atoms with Crippen LogP contribution in [0, 0.1) is 18.3 Å². The number of anilines is 2. The Morgan fingerprint density at radius 3 is 2.42 bits per heavy atom. The number of hydrogen-bond acceptors (Lipinski definition) is 5. The summed E-state index contributed by atoms with van der Waals surface area (Å²) < 4.78 is 2.15. The molecule has 1 saturated heterocycles. The van der Waals surface area contributed by atoms with E-state index in [2.05, 4.69) is 44.0 Å². The monoisotopic (exact) mass is 408 g/mol. The Balaban J connectivity index is 1.68. The van der Waals surface area contributed by atoms with Crippen LogP contribution in [0.5, 0.6) is 0 Å². The van der Waals surface area contributed by atoms with Gasteiger partial charge in [-0.15, -0.1) is 0 Å². The number of fused-ring (bicyclic) bond motifs is 3. The van der Waals surface area contributed by atoms with Crippen molar-refractivity contribution in [1.82, 2.24) is 14.4 Å². The Labute approximate surface area is 181 Å². The van der Waals surface area contributed by atoms with E-state index >= 15 is 0 Å². The molecule has 4 heterocycles. The molecule has 5 rings (SSSR count). The lowest BCUT2D eigenvalue weighted by Crippen LogP contribution is -2.47. The van der Waals surface area contributed by atoms with Crippen molar-refractivity contribution in [1.29, 1.82) is 5.26 Å². The number of aromatic nitrogens is 3. The number of benzene rings is 1. The maximum atomic E-state index is 9.95. The van der Waals surface area contributed by atoms with E-state index in [0.717, 1.165) is 65.5 Å². The molecule has 0 atom stereocenters. The van der Waals surface area contributed by atoms with Crippen LogP contribution in [0.3, 0.4) is 0 Å². The number of imidazole rings is 1. The molecule has 0 aliphatic carbocycles. The van der Waals surface area contributed by atoms with E-state index in [1.165, 1.54) is 0 Å². The summed E-state index contributed by atoms with van der Waals surface area (Å²) in [7, 11) is 0. The molecule has 4 aromatic rings. The highest BCUT2D eigenvalue weighted by Gasteiger charge is 2.27. The summed E-state index contributed by atoms with van der Waals surface area (Å²) in [5.74, 6) is 2.09. The SMILES string of the molecule is C=C(C)c1c(C)c(C#N)c2nc3ccccc3n2c1N1CCN(c2ccccn2)CC1. The van der Waals surface area contributed by atoms with Crippen molar-refractivity contribution in [3.63, 3.8) is 0 Å². The lowest BCUT2D eigenvalue weighted by Gasteiger charge is -2.38. The molecule has 1 aromatic carbocycles. The summed E-state index contributed by atoms with van der Waals surface area (Å²) in [6, 6.07) is 16.5. The van der Waals surface area contributed by atoms with Crippen LogP contribution in [-0.4, -0.2) is 40.5 Å². The largest absolute Gasteiger partial charge is 0.354 e. The minimum absolute atomic E-state index is 0.616. The van der Waals surface area contributed by atoms with E-state index in [0.29, 0.717) is 11.2 Å². The number of pyridine rings is 2. The van der Waals surface area contributed by atoms with Gasteiger partial charge in [-0.25, -0.2) is 9.97 Å². The fourth-order valence-corrected chi connectivity index (χ4v) is 4.61. The first-order chi connectivity index (χ1) is 15.1. The molecule has 1 fully saturated rings. The predicted molar refractivity (Wildman–Crippen MR) is 126 cm³/mol. The Bertz CT molecular complexity index is 1340. The van der Waals surface area contributed by atoms with Crippen LogP contribution in [0.4, 0.5) is 11.6 Å². The summed E-state index contributed by atoms with van der Waals surface area (Å²) in [5, 5.41) is 9.95. The van der Waals surface area contributed by atoms with E-state index in [4.69, 9.17) is 4.98 Å². The standard InChI is InChI=1S/C25H24N6/c1-17(2)23-18(3)19(16-26)24-28-20-8-4-5-9-21(20)31(24)25(23)30-14-12-29(13-15-30)22-10-6-7-11-27-22/h4-11H,1,12-15H2,2-3H3. The quantitative estimate of drug-likeness (QED) is 0.502.